The minimum Gasteiger partial charge on any atom is -0.481 e. The van der Waals surface area contributed by atoms with Gasteiger partial charge in [-0.2, -0.15) is 0 Å². The lowest BCUT2D eigenvalue weighted by atomic mass is 10.1. The Morgan fingerprint density at radius 2 is 1.78 bits per heavy atom. The molecule has 0 atom stereocenters. The zero-order chi connectivity index (χ0) is 17.4. The summed E-state index contributed by atoms with van der Waals surface area (Å²) in [5.74, 6) is 0.258. The molecule has 1 amide bonds. The van der Waals surface area contributed by atoms with E-state index in [9.17, 15) is 9.59 Å². The second-order valence-electron chi connectivity index (χ2n) is 5.75. The normalized spacial score (nSPS) is 10.5. The Labute approximate surface area is 137 Å². The van der Waals surface area contributed by atoms with E-state index in [1.807, 2.05) is 39.8 Å². The van der Waals surface area contributed by atoms with Crippen LogP contribution in [0.15, 0.2) is 12.1 Å². The number of rotatable bonds is 8. The molecule has 0 aliphatic rings. The Morgan fingerprint density at radius 1 is 1.17 bits per heavy atom. The maximum atomic E-state index is 11.6. The smallest absolute Gasteiger partial charge is 0.343 e. The van der Waals surface area contributed by atoms with Crippen molar-refractivity contribution in [2.75, 3.05) is 20.3 Å². The van der Waals surface area contributed by atoms with Crippen molar-refractivity contribution in [1.82, 2.24) is 10.6 Å². The monoisotopic (exact) mass is 322 g/mol. The van der Waals surface area contributed by atoms with Crippen LogP contribution in [0.1, 0.15) is 30.5 Å². The van der Waals surface area contributed by atoms with E-state index in [1.165, 1.54) is 7.11 Å². The Hall–Kier alpha value is -2.08. The van der Waals surface area contributed by atoms with E-state index in [2.05, 4.69) is 15.4 Å². The van der Waals surface area contributed by atoms with Crippen LogP contribution < -0.4 is 15.4 Å². The van der Waals surface area contributed by atoms with E-state index >= 15 is 0 Å². The van der Waals surface area contributed by atoms with Gasteiger partial charge in [0.05, 0.1) is 13.7 Å². The Bertz CT molecular complexity index is 533. The van der Waals surface area contributed by atoms with Crippen LogP contribution in [0.4, 0.5) is 0 Å². The number of amides is 1. The quantitative estimate of drug-likeness (QED) is 0.709. The molecule has 0 fully saturated rings. The van der Waals surface area contributed by atoms with E-state index in [4.69, 9.17) is 4.74 Å². The minimum absolute atomic E-state index is 0.0218. The van der Waals surface area contributed by atoms with Crippen molar-refractivity contribution >= 4 is 11.9 Å². The number of carbonyl (C=O) groups excluding carboxylic acids is 2. The lowest BCUT2D eigenvalue weighted by Gasteiger charge is -2.14. The fourth-order valence-corrected chi connectivity index (χ4v) is 2.25. The van der Waals surface area contributed by atoms with Crippen LogP contribution in [0.3, 0.4) is 0 Å². The summed E-state index contributed by atoms with van der Waals surface area (Å²) < 4.78 is 10.1. The van der Waals surface area contributed by atoms with Gasteiger partial charge in [-0.05, 0) is 44.4 Å². The van der Waals surface area contributed by atoms with Crippen LogP contribution in [0.25, 0.3) is 0 Å². The molecule has 0 aromatic heterocycles. The highest BCUT2D eigenvalue weighted by Gasteiger charge is 2.10. The highest BCUT2D eigenvalue weighted by molar-refractivity contribution is 5.78. The van der Waals surface area contributed by atoms with Gasteiger partial charge >= 0.3 is 5.97 Å². The molecule has 0 saturated heterocycles. The van der Waals surface area contributed by atoms with Crippen molar-refractivity contribution < 1.29 is 19.1 Å². The topological polar surface area (TPSA) is 76.7 Å². The van der Waals surface area contributed by atoms with Gasteiger partial charge in [0, 0.05) is 12.6 Å². The summed E-state index contributed by atoms with van der Waals surface area (Å²) in [6, 6.07) is 4.10. The molecule has 0 unspecified atom stereocenters. The van der Waals surface area contributed by atoms with Crippen molar-refractivity contribution in [2.24, 2.45) is 0 Å². The number of aryl methyl sites for hydroxylation is 2. The zero-order valence-corrected chi connectivity index (χ0v) is 14.5. The maximum Gasteiger partial charge on any atom is 0.343 e. The Kier molecular flexibility index (Phi) is 7.54. The predicted molar refractivity (Wildman–Crippen MR) is 88.4 cm³/mol. The van der Waals surface area contributed by atoms with Gasteiger partial charge in [0.2, 0.25) is 5.91 Å². The van der Waals surface area contributed by atoms with Gasteiger partial charge in [-0.1, -0.05) is 12.1 Å². The number of carbonyl (C=O) groups is 2. The molecule has 0 bridgehead atoms. The SMILES string of the molecule is COC(=O)COc1c(C)cc(CNCC(=O)NC(C)C)cc1C. The van der Waals surface area contributed by atoms with Crippen LogP contribution in [-0.4, -0.2) is 38.2 Å². The molecule has 6 nitrogen and oxygen atoms in total. The molecule has 0 aliphatic heterocycles. The van der Waals surface area contributed by atoms with Gasteiger partial charge in [-0.15, -0.1) is 0 Å². The largest absolute Gasteiger partial charge is 0.481 e. The van der Waals surface area contributed by atoms with Crippen molar-refractivity contribution in [1.29, 1.82) is 0 Å². The van der Waals surface area contributed by atoms with Crippen molar-refractivity contribution in [3.8, 4) is 5.75 Å². The standard InChI is InChI=1S/C17H26N2O4/c1-11(2)19-15(20)9-18-8-14-6-12(3)17(13(4)7-14)23-10-16(21)22-5/h6-7,11,18H,8-10H2,1-5H3,(H,19,20). The van der Waals surface area contributed by atoms with E-state index in [1.54, 1.807) is 0 Å². The third-order valence-electron chi connectivity index (χ3n) is 3.15. The highest BCUT2D eigenvalue weighted by Crippen LogP contribution is 2.24. The first kappa shape index (κ1) is 19.0. The molecular weight excluding hydrogens is 296 g/mol. The number of nitrogens with one attached hydrogen (secondary N) is 2. The average molecular weight is 322 g/mol. The minimum atomic E-state index is -0.411. The number of methoxy groups -OCH3 is 1. The first-order valence-electron chi connectivity index (χ1n) is 7.63. The summed E-state index contributed by atoms with van der Waals surface area (Å²) in [4.78, 5) is 22.7. The van der Waals surface area contributed by atoms with Crippen LogP contribution >= 0.6 is 0 Å². The summed E-state index contributed by atoms with van der Waals surface area (Å²) in [6.45, 7) is 8.46. The highest BCUT2D eigenvalue weighted by atomic mass is 16.6. The van der Waals surface area contributed by atoms with Crippen molar-refractivity contribution in [3.63, 3.8) is 0 Å². The summed E-state index contributed by atoms with van der Waals surface area (Å²) in [7, 11) is 1.33. The molecular formula is C17H26N2O4. The van der Waals surface area contributed by atoms with Crippen LogP contribution in [0.5, 0.6) is 5.75 Å². The van der Waals surface area contributed by atoms with Crippen molar-refractivity contribution in [3.05, 3.63) is 28.8 Å². The van der Waals surface area contributed by atoms with Gasteiger partial charge in [0.25, 0.3) is 0 Å². The zero-order valence-electron chi connectivity index (χ0n) is 14.5. The third kappa shape index (κ3) is 6.69. The second kappa shape index (κ2) is 9.15. The van der Waals surface area contributed by atoms with E-state index in [0.717, 1.165) is 16.7 Å². The average Bonchev–Trinajstić information content (AvgIpc) is 2.45. The molecule has 0 radical (unpaired) electrons. The van der Waals surface area contributed by atoms with Gasteiger partial charge < -0.3 is 20.1 Å². The summed E-state index contributed by atoms with van der Waals surface area (Å²) in [5, 5.41) is 5.94. The lowest BCUT2D eigenvalue weighted by molar-refractivity contribution is -0.142. The van der Waals surface area contributed by atoms with Gasteiger partial charge in [0.15, 0.2) is 6.61 Å². The number of hydrogen-bond donors (Lipinski definition) is 2. The first-order chi connectivity index (χ1) is 10.8. The number of benzene rings is 1. The van der Waals surface area contributed by atoms with E-state index < -0.39 is 5.97 Å². The van der Waals surface area contributed by atoms with Crippen LogP contribution in [0.2, 0.25) is 0 Å². The molecule has 1 aromatic rings. The first-order valence-corrected chi connectivity index (χ1v) is 7.63. The molecule has 128 valence electrons. The molecule has 0 aliphatic carbocycles. The number of esters is 1. The van der Waals surface area contributed by atoms with Crippen LogP contribution in [-0.2, 0) is 20.9 Å². The Morgan fingerprint density at radius 3 is 2.30 bits per heavy atom. The molecule has 1 rings (SSSR count). The predicted octanol–water partition coefficient (Wildman–Crippen LogP) is 1.47. The fourth-order valence-electron chi connectivity index (χ4n) is 2.25. The van der Waals surface area contributed by atoms with Gasteiger partial charge in [0.1, 0.15) is 5.75 Å². The molecule has 6 heteroatoms. The van der Waals surface area contributed by atoms with Crippen LogP contribution in [0, 0.1) is 13.8 Å². The van der Waals surface area contributed by atoms with Gasteiger partial charge in [-0.25, -0.2) is 4.79 Å². The van der Waals surface area contributed by atoms with E-state index in [0.29, 0.717) is 12.3 Å². The molecule has 0 spiro atoms. The summed E-state index contributed by atoms with van der Waals surface area (Å²) >= 11 is 0. The van der Waals surface area contributed by atoms with E-state index in [-0.39, 0.29) is 25.1 Å². The molecule has 0 saturated carbocycles. The second-order valence-corrected chi connectivity index (χ2v) is 5.75. The molecule has 23 heavy (non-hydrogen) atoms. The lowest BCUT2D eigenvalue weighted by Crippen LogP contribution is -2.37. The third-order valence-corrected chi connectivity index (χ3v) is 3.15. The maximum absolute atomic E-state index is 11.6. The van der Waals surface area contributed by atoms with Crippen molar-refractivity contribution in [2.45, 2.75) is 40.3 Å². The molecule has 2 N–H and O–H groups in total. The van der Waals surface area contributed by atoms with Gasteiger partial charge in [-0.3, -0.25) is 4.79 Å². The summed E-state index contributed by atoms with van der Waals surface area (Å²) in [5.41, 5.74) is 2.94. The summed E-state index contributed by atoms with van der Waals surface area (Å²) in [6.07, 6.45) is 0. The Balaban J connectivity index is 2.59. The number of ether oxygens (including phenoxy) is 2. The molecule has 1 aromatic carbocycles. The fraction of sp³-hybridized carbons (Fsp3) is 0.529. The number of hydrogen-bond acceptors (Lipinski definition) is 5. The molecule has 0 heterocycles.